The molecule has 9 aromatic heterocycles. The van der Waals surface area contributed by atoms with Gasteiger partial charge in [-0.05, 0) is 0 Å². The van der Waals surface area contributed by atoms with Crippen molar-refractivity contribution in [3.63, 3.8) is 0 Å². The van der Waals surface area contributed by atoms with Gasteiger partial charge in [-0.1, -0.05) is 0 Å². The molecule has 0 unspecified atom stereocenters. The number of rotatable bonds is 0. The Kier molecular flexibility index (Phi) is 12.6. The van der Waals surface area contributed by atoms with Crippen LogP contribution in [0.25, 0.3) is 33.5 Å². The summed E-state index contributed by atoms with van der Waals surface area (Å²) in [5.41, 5.74) is 12.8. The Labute approximate surface area is 361 Å². The van der Waals surface area contributed by atoms with Gasteiger partial charge in [0.25, 0.3) is 27.8 Å². The van der Waals surface area contributed by atoms with Crippen LogP contribution in [0.5, 0.6) is 0 Å². The molecule has 0 aromatic carbocycles. The van der Waals surface area contributed by atoms with Crippen molar-refractivity contribution < 1.29 is 4.79 Å². The molecule has 3 aliphatic heterocycles. The van der Waals surface area contributed by atoms with E-state index in [2.05, 4.69) is 90.1 Å². The molecule has 3 aliphatic rings. The third-order valence-electron chi connectivity index (χ3n) is 8.96. The lowest BCUT2D eigenvalue weighted by molar-refractivity contribution is -0.115. The zero-order chi connectivity index (χ0) is 47.1. The van der Waals surface area contributed by atoms with Crippen LogP contribution < -0.4 is 56.0 Å². The number of carbonyl (C=O) groups excluding carboxylic acids is 1. The molecule has 0 bridgehead atoms. The number of nitrogens with one attached hydrogen (secondary N) is 9. The van der Waals surface area contributed by atoms with Gasteiger partial charge < -0.3 is 40.9 Å². The van der Waals surface area contributed by atoms with Crippen LogP contribution in [0.3, 0.4) is 0 Å². The number of nitrogen functional groups attached to an aromatic ring is 2. The Balaban J connectivity index is 0.000000118. The molecule has 66 heavy (non-hydrogen) atoms. The summed E-state index contributed by atoms with van der Waals surface area (Å²) in [6.07, 6.45) is 13.2. The highest BCUT2D eigenvalue weighted by molar-refractivity contribution is 5.97. The molecule has 31 nitrogen and oxygen atoms in total. The van der Waals surface area contributed by atoms with Crippen LogP contribution in [0.1, 0.15) is 16.7 Å². The highest BCUT2D eigenvalue weighted by atomic mass is 16.2. The van der Waals surface area contributed by atoms with Gasteiger partial charge in [-0.25, -0.2) is 54.5 Å². The molecular formula is C35H33N23O8. The van der Waals surface area contributed by atoms with Gasteiger partial charge in [0.15, 0.2) is 39.6 Å². The normalized spacial score (nSPS) is 12.2. The monoisotopic (exact) mass is 903 g/mol. The first-order valence-corrected chi connectivity index (χ1v) is 18.7. The SMILES string of the molecule is Cn1cnc2c(=O)[nH]cnc21.Cn1cnc2c(N)ncnc21.Nc1nc2nc[nH]c2c(=O)[nH]1.O=C1Cc2c([nH]c(=O)[nH]c2=O)N1.O=c1[nH]c2c(c(=O)[nH]1)CC=N2.O=c1[nH]cnc2c1CC=N2. The number of nitrogens with two attached hydrogens (primary N) is 2. The minimum Gasteiger partial charge on any atom is -0.382 e. The number of anilines is 3. The van der Waals surface area contributed by atoms with Crippen LogP contribution in [0.15, 0.2) is 81.5 Å². The maximum atomic E-state index is 11.0. The molecule has 0 aliphatic carbocycles. The van der Waals surface area contributed by atoms with E-state index in [9.17, 15) is 38.4 Å². The molecule has 12 rings (SSSR count). The van der Waals surface area contributed by atoms with E-state index < -0.39 is 16.9 Å². The second-order valence-electron chi connectivity index (χ2n) is 13.4. The maximum absolute atomic E-state index is 11.0. The number of hydrogen-bond acceptors (Lipinski definition) is 20. The standard InChI is InChI=1S/C6H7N5.C6H6N4O.C6H5N3O3.C6H5N3O2.C6H5N3O.C5H5N5O/c1-11-3-10-4-5(7)8-2-9-6(4)11;1-10-3-9-4-5(10)7-2-8-6(4)11;10-3-1-2-4(7-3)8-6(12)9-5(2)11;10-5-3-1-2-7-4(3)8-6(11)9-5;10-6-4-1-2-7-5(4)8-3-9-6;6-5-9-3-2(4(11)10-5)7-1-8-3/h2-3H,1H3,(H2,7,8,9);2-3H,1H3,(H,7,8,11);1H2,(H3,7,8,9,10,11,12);2H,1H2,(H2,8,9,10,11);2-3H,1H2,(H,8,9,10);1H,(H4,6,7,8,9,10,11). The van der Waals surface area contributed by atoms with Crippen LogP contribution in [0.2, 0.25) is 0 Å². The number of H-pyrrole nitrogens is 8. The Bertz CT molecular complexity index is 3760. The Morgan fingerprint density at radius 3 is 1.94 bits per heavy atom. The van der Waals surface area contributed by atoms with E-state index in [1.54, 1.807) is 41.3 Å². The average Bonchev–Trinajstić information content (AvgIpc) is 4.14. The summed E-state index contributed by atoms with van der Waals surface area (Å²) < 4.78 is 3.50. The van der Waals surface area contributed by atoms with Gasteiger partial charge in [0, 0.05) is 39.4 Å². The smallest absolute Gasteiger partial charge is 0.327 e. The predicted octanol–water partition coefficient (Wildman–Crippen LogP) is -3.26. The molecule has 1 amide bonds. The molecule has 13 N–H and O–H groups in total. The van der Waals surface area contributed by atoms with Crippen LogP contribution in [-0.4, -0.2) is 107 Å². The van der Waals surface area contributed by atoms with Crippen molar-refractivity contribution in [1.29, 1.82) is 0 Å². The fourth-order valence-electron chi connectivity index (χ4n) is 5.88. The number of carbonyl (C=O) groups is 1. The van der Waals surface area contributed by atoms with Crippen LogP contribution in [-0.2, 0) is 38.2 Å². The van der Waals surface area contributed by atoms with Gasteiger partial charge >= 0.3 is 11.4 Å². The van der Waals surface area contributed by atoms with E-state index in [4.69, 9.17) is 11.5 Å². The molecule has 31 heteroatoms. The van der Waals surface area contributed by atoms with Gasteiger partial charge in [0.05, 0.1) is 54.7 Å². The molecule has 0 spiro atoms. The molecule has 9 aromatic rings. The summed E-state index contributed by atoms with van der Waals surface area (Å²) >= 11 is 0. The van der Waals surface area contributed by atoms with Crippen molar-refractivity contribution in [3.8, 4) is 0 Å². The Hall–Kier alpha value is -10.1. The summed E-state index contributed by atoms with van der Waals surface area (Å²) in [6.45, 7) is 0. The van der Waals surface area contributed by atoms with Gasteiger partial charge in [0.2, 0.25) is 11.9 Å². The van der Waals surface area contributed by atoms with E-state index in [1.165, 1.54) is 25.3 Å². The Morgan fingerprint density at radius 1 is 0.576 bits per heavy atom. The summed E-state index contributed by atoms with van der Waals surface area (Å²) in [6, 6.07) is 0. The highest BCUT2D eigenvalue weighted by Gasteiger charge is 2.21. The fraction of sp³-hybridized carbons (Fsp3) is 0.143. The first-order chi connectivity index (χ1) is 31.7. The first kappa shape index (κ1) is 44.0. The van der Waals surface area contributed by atoms with Crippen molar-refractivity contribution in [2.45, 2.75) is 19.3 Å². The van der Waals surface area contributed by atoms with Crippen molar-refractivity contribution in [2.24, 2.45) is 24.1 Å². The third kappa shape index (κ3) is 9.83. The number of fused-ring (bicyclic) bond motifs is 6. The van der Waals surface area contributed by atoms with Crippen LogP contribution in [0, 0.1) is 0 Å². The molecule has 12 heterocycles. The van der Waals surface area contributed by atoms with E-state index in [-0.39, 0.29) is 46.3 Å². The quantitative estimate of drug-likeness (QED) is 0.0711. The number of nitrogens with zero attached hydrogens (tertiary/aromatic N) is 12. The Morgan fingerprint density at radius 2 is 1.21 bits per heavy atom. The minimum atomic E-state index is -0.610. The number of aryl methyl sites for hydroxylation is 2. The predicted molar refractivity (Wildman–Crippen MR) is 235 cm³/mol. The molecule has 336 valence electrons. The van der Waals surface area contributed by atoms with E-state index in [0.29, 0.717) is 74.8 Å². The zero-order valence-corrected chi connectivity index (χ0v) is 34.0. The van der Waals surface area contributed by atoms with Crippen molar-refractivity contribution in [2.75, 3.05) is 16.8 Å². The minimum absolute atomic E-state index is 0.0292. The number of aromatic nitrogens is 18. The zero-order valence-electron chi connectivity index (χ0n) is 34.0. The average molecular weight is 904 g/mol. The molecule has 0 radical (unpaired) electrons. The lowest BCUT2D eigenvalue weighted by Crippen LogP contribution is -2.24. The van der Waals surface area contributed by atoms with Gasteiger partial charge in [-0.3, -0.25) is 53.7 Å². The molecule has 0 saturated heterocycles. The van der Waals surface area contributed by atoms with Crippen LogP contribution in [0.4, 0.5) is 29.2 Å². The van der Waals surface area contributed by atoms with Crippen LogP contribution >= 0.6 is 0 Å². The lowest BCUT2D eigenvalue weighted by Gasteiger charge is -1.93. The van der Waals surface area contributed by atoms with E-state index in [0.717, 1.165) is 5.65 Å². The van der Waals surface area contributed by atoms with E-state index in [1.807, 2.05) is 12.0 Å². The number of amides is 1. The molecule has 0 fully saturated rings. The summed E-state index contributed by atoms with van der Waals surface area (Å²) in [7, 11) is 3.66. The molecule has 0 saturated carbocycles. The maximum Gasteiger partial charge on any atom is 0.327 e. The van der Waals surface area contributed by atoms with Crippen molar-refractivity contribution in [3.05, 3.63) is 127 Å². The number of aliphatic imine (C=N–C) groups is 2. The van der Waals surface area contributed by atoms with E-state index >= 15 is 0 Å². The van der Waals surface area contributed by atoms with Gasteiger partial charge in [-0.2, -0.15) is 4.98 Å². The second-order valence-corrected chi connectivity index (χ2v) is 13.4. The van der Waals surface area contributed by atoms with Crippen molar-refractivity contribution in [1.82, 2.24) is 88.9 Å². The number of hydrogen-bond donors (Lipinski definition) is 11. The summed E-state index contributed by atoms with van der Waals surface area (Å²) in [5.74, 6) is 1.39. The van der Waals surface area contributed by atoms with Gasteiger partial charge in [0.1, 0.15) is 23.5 Å². The molecule has 0 atom stereocenters. The summed E-state index contributed by atoms with van der Waals surface area (Å²) in [4.78, 5) is 145. The number of aromatic amines is 8. The lowest BCUT2D eigenvalue weighted by atomic mass is 10.3. The fourth-order valence-corrected chi connectivity index (χ4v) is 5.88. The number of imidazole rings is 3. The van der Waals surface area contributed by atoms with Gasteiger partial charge in [-0.15, -0.1) is 0 Å². The van der Waals surface area contributed by atoms with Crippen molar-refractivity contribution >= 4 is 81.0 Å². The topological polar surface area (TPSA) is 465 Å². The highest BCUT2D eigenvalue weighted by Crippen LogP contribution is 2.16. The second kappa shape index (κ2) is 18.9. The third-order valence-corrected chi connectivity index (χ3v) is 8.96. The molecular weight excluding hydrogens is 871 g/mol. The summed E-state index contributed by atoms with van der Waals surface area (Å²) in [5, 5.41) is 2.36. The first-order valence-electron chi connectivity index (χ1n) is 18.7. The largest absolute Gasteiger partial charge is 0.382 e.